The molecular formula is C15H22O4S. The highest BCUT2D eigenvalue weighted by molar-refractivity contribution is 7.91. The largest absolute Gasteiger partial charge is 0.478 e. The first-order valence-corrected chi connectivity index (χ1v) is 8.61. The molecule has 0 saturated heterocycles. The minimum absolute atomic E-state index is 0.0528. The van der Waals surface area contributed by atoms with E-state index >= 15 is 0 Å². The summed E-state index contributed by atoms with van der Waals surface area (Å²) < 4.78 is 24.5. The molecule has 1 aromatic carbocycles. The van der Waals surface area contributed by atoms with Gasteiger partial charge in [-0.3, -0.25) is 0 Å². The van der Waals surface area contributed by atoms with Crippen molar-refractivity contribution >= 4 is 15.8 Å². The fraction of sp³-hybridized carbons (Fsp3) is 0.533. The molecule has 0 aliphatic carbocycles. The monoisotopic (exact) mass is 298 g/mol. The molecule has 20 heavy (non-hydrogen) atoms. The van der Waals surface area contributed by atoms with Crippen molar-refractivity contribution in [2.75, 3.05) is 5.75 Å². The predicted molar refractivity (Wildman–Crippen MR) is 79.0 cm³/mol. The number of rotatable bonds is 8. The van der Waals surface area contributed by atoms with Crippen LogP contribution in [0.1, 0.15) is 54.9 Å². The SMILES string of the molecule is CCCCCCCS(=O)(=O)c1cccc(C(=O)O)c1C. The number of sulfone groups is 1. The Morgan fingerprint density at radius 1 is 1.15 bits per heavy atom. The normalized spacial score (nSPS) is 11.5. The van der Waals surface area contributed by atoms with Crippen molar-refractivity contribution < 1.29 is 18.3 Å². The topological polar surface area (TPSA) is 71.4 Å². The Hall–Kier alpha value is -1.36. The van der Waals surface area contributed by atoms with E-state index in [4.69, 9.17) is 5.11 Å². The fourth-order valence-electron chi connectivity index (χ4n) is 2.19. The summed E-state index contributed by atoms with van der Waals surface area (Å²) in [4.78, 5) is 11.2. The molecular weight excluding hydrogens is 276 g/mol. The van der Waals surface area contributed by atoms with Crippen molar-refractivity contribution in [1.29, 1.82) is 0 Å². The van der Waals surface area contributed by atoms with E-state index < -0.39 is 15.8 Å². The summed E-state index contributed by atoms with van der Waals surface area (Å²) in [5.41, 5.74) is 0.380. The molecule has 0 aliphatic rings. The second-order valence-electron chi connectivity index (χ2n) is 4.97. The van der Waals surface area contributed by atoms with Gasteiger partial charge < -0.3 is 5.11 Å². The molecule has 0 unspecified atom stereocenters. The standard InChI is InChI=1S/C15H22O4S/c1-3-4-5-6-7-11-20(18,19)14-10-8-9-13(12(14)2)15(16)17/h8-10H,3-7,11H2,1-2H3,(H,16,17). The summed E-state index contributed by atoms with van der Waals surface area (Å²) in [5.74, 6) is -1.01. The number of carboxylic acid groups (broad SMARTS) is 1. The highest BCUT2D eigenvalue weighted by Crippen LogP contribution is 2.21. The fourth-order valence-corrected chi connectivity index (χ4v) is 3.86. The van der Waals surface area contributed by atoms with Crippen molar-refractivity contribution in [2.45, 2.75) is 50.8 Å². The molecule has 0 fully saturated rings. The lowest BCUT2D eigenvalue weighted by molar-refractivity contribution is 0.0696. The van der Waals surface area contributed by atoms with Gasteiger partial charge in [0.15, 0.2) is 9.84 Å². The van der Waals surface area contributed by atoms with Gasteiger partial charge in [0.2, 0.25) is 0 Å². The number of hydrogen-bond acceptors (Lipinski definition) is 3. The first-order chi connectivity index (χ1) is 9.40. The van der Waals surface area contributed by atoms with Crippen LogP contribution in [0.2, 0.25) is 0 Å². The zero-order chi connectivity index (χ0) is 15.2. The molecule has 0 radical (unpaired) electrons. The number of hydrogen-bond donors (Lipinski definition) is 1. The number of aromatic carboxylic acids is 1. The second kappa shape index (κ2) is 7.43. The molecule has 4 nitrogen and oxygen atoms in total. The van der Waals surface area contributed by atoms with Gasteiger partial charge in [0.1, 0.15) is 0 Å². The summed E-state index contributed by atoms with van der Waals surface area (Å²) in [6.45, 7) is 3.66. The van der Waals surface area contributed by atoms with E-state index in [0.29, 0.717) is 12.0 Å². The first-order valence-electron chi connectivity index (χ1n) is 6.95. The van der Waals surface area contributed by atoms with E-state index in [1.807, 2.05) is 0 Å². The molecule has 0 amide bonds. The van der Waals surface area contributed by atoms with E-state index in [1.165, 1.54) is 18.2 Å². The summed E-state index contributed by atoms with van der Waals surface area (Å²) in [6, 6.07) is 4.40. The van der Waals surface area contributed by atoms with Crippen LogP contribution in [0, 0.1) is 6.92 Å². The maximum absolute atomic E-state index is 12.3. The molecule has 5 heteroatoms. The van der Waals surface area contributed by atoms with Gasteiger partial charge >= 0.3 is 5.97 Å². The molecule has 0 aliphatic heterocycles. The van der Waals surface area contributed by atoms with Crippen LogP contribution in [0.5, 0.6) is 0 Å². The van der Waals surface area contributed by atoms with Gasteiger partial charge in [0, 0.05) is 0 Å². The van der Waals surface area contributed by atoms with E-state index in [2.05, 4.69) is 6.92 Å². The minimum atomic E-state index is -3.40. The summed E-state index contributed by atoms with van der Waals surface area (Å²) in [7, 11) is -3.40. The van der Waals surface area contributed by atoms with Crippen molar-refractivity contribution in [3.05, 3.63) is 29.3 Å². The average Bonchev–Trinajstić information content (AvgIpc) is 2.38. The van der Waals surface area contributed by atoms with E-state index in [1.54, 1.807) is 6.92 Å². The van der Waals surface area contributed by atoms with E-state index in [-0.39, 0.29) is 16.2 Å². The Morgan fingerprint density at radius 3 is 2.40 bits per heavy atom. The zero-order valence-electron chi connectivity index (χ0n) is 12.1. The molecule has 1 N–H and O–H groups in total. The summed E-state index contributed by atoms with van der Waals surface area (Å²) >= 11 is 0. The van der Waals surface area contributed by atoms with Gasteiger partial charge in [-0.1, -0.05) is 38.7 Å². The van der Waals surface area contributed by atoms with Crippen molar-refractivity contribution in [1.82, 2.24) is 0 Å². The molecule has 0 bridgehead atoms. The maximum atomic E-state index is 12.3. The number of carbonyl (C=O) groups is 1. The molecule has 1 aromatic rings. The molecule has 0 saturated carbocycles. The Balaban J connectivity index is 2.83. The maximum Gasteiger partial charge on any atom is 0.335 e. The van der Waals surface area contributed by atoms with Gasteiger partial charge in [-0.2, -0.15) is 0 Å². The van der Waals surface area contributed by atoms with Crippen LogP contribution in [0.3, 0.4) is 0 Å². The van der Waals surface area contributed by atoms with Crippen LogP contribution in [0.25, 0.3) is 0 Å². The molecule has 1 rings (SSSR count). The summed E-state index contributed by atoms with van der Waals surface area (Å²) in [5, 5.41) is 9.03. The Bertz CT molecular complexity index is 561. The Morgan fingerprint density at radius 2 is 1.80 bits per heavy atom. The third kappa shape index (κ3) is 4.34. The van der Waals surface area contributed by atoms with E-state index in [0.717, 1.165) is 25.7 Å². The van der Waals surface area contributed by atoms with Gasteiger partial charge in [-0.15, -0.1) is 0 Å². The smallest absolute Gasteiger partial charge is 0.335 e. The lowest BCUT2D eigenvalue weighted by Crippen LogP contribution is -2.11. The quantitative estimate of drug-likeness (QED) is 0.746. The van der Waals surface area contributed by atoms with Crippen LogP contribution < -0.4 is 0 Å². The minimum Gasteiger partial charge on any atom is -0.478 e. The number of benzene rings is 1. The molecule has 0 atom stereocenters. The van der Waals surface area contributed by atoms with Crippen LogP contribution in [0.15, 0.2) is 23.1 Å². The van der Waals surface area contributed by atoms with Gasteiger partial charge in [-0.25, -0.2) is 13.2 Å². The lowest BCUT2D eigenvalue weighted by Gasteiger charge is -2.09. The van der Waals surface area contributed by atoms with Gasteiger partial charge in [-0.05, 0) is 31.0 Å². The van der Waals surface area contributed by atoms with Gasteiger partial charge in [0.25, 0.3) is 0 Å². The highest BCUT2D eigenvalue weighted by Gasteiger charge is 2.20. The van der Waals surface area contributed by atoms with Crippen molar-refractivity contribution in [2.24, 2.45) is 0 Å². The third-order valence-electron chi connectivity index (χ3n) is 3.37. The van der Waals surface area contributed by atoms with Crippen LogP contribution in [-0.2, 0) is 9.84 Å². The van der Waals surface area contributed by atoms with Crippen molar-refractivity contribution in [3.63, 3.8) is 0 Å². The molecule has 0 aromatic heterocycles. The van der Waals surface area contributed by atoms with Crippen molar-refractivity contribution in [3.8, 4) is 0 Å². The molecule has 0 heterocycles. The molecule has 0 spiro atoms. The van der Waals surface area contributed by atoms with Crippen LogP contribution in [-0.4, -0.2) is 25.2 Å². The number of unbranched alkanes of at least 4 members (excludes halogenated alkanes) is 4. The lowest BCUT2D eigenvalue weighted by atomic mass is 10.1. The Labute approximate surface area is 120 Å². The average molecular weight is 298 g/mol. The second-order valence-corrected chi connectivity index (χ2v) is 7.04. The van der Waals surface area contributed by atoms with Crippen LogP contribution in [0.4, 0.5) is 0 Å². The first kappa shape index (κ1) is 16.7. The third-order valence-corrected chi connectivity index (χ3v) is 5.30. The summed E-state index contributed by atoms with van der Waals surface area (Å²) in [6.07, 6.45) is 4.80. The van der Waals surface area contributed by atoms with E-state index in [9.17, 15) is 13.2 Å². The Kier molecular flexibility index (Phi) is 6.20. The predicted octanol–water partition coefficient (Wildman–Crippen LogP) is 3.44. The number of carboxylic acids is 1. The van der Waals surface area contributed by atoms with Gasteiger partial charge in [0.05, 0.1) is 16.2 Å². The highest BCUT2D eigenvalue weighted by atomic mass is 32.2. The van der Waals surface area contributed by atoms with Crippen LogP contribution >= 0.6 is 0 Å². The zero-order valence-corrected chi connectivity index (χ0v) is 12.9. The molecule has 112 valence electrons.